The number of alkyl halides is 3. The van der Waals surface area contributed by atoms with Crippen LogP contribution >= 0.6 is 12.2 Å². The molecule has 7 heteroatoms. The van der Waals surface area contributed by atoms with Crippen molar-refractivity contribution >= 4 is 23.3 Å². The maximum Gasteiger partial charge on any atom is 0.416 e. The van der Waals surface area contributed by atoms with Crippen LogP contribution in [0.5, 0.6) is 0 Å². The molecule has 1 aromatic rings. The number of ether oxygens (including phenoxy) is 1. The number of rotatable bonds is 4. The molecule has 0 heterocycles. The lowest BCUT2D eigenvalue weighted by atomic mass is 10.0. The Labute approximate surface area is 113 Å². The Morgan fingerprint density at radius 3 is 2.42 bits per heavy atom. The molecule has 1 rings (SSSR count). The van der Waals surface area contributed by atoms with Gasteiger partial charge in [0.15, 0.2) is 0 Å². The van der Waals surface area contributed by atoms with Gasteiger partial charge in [-0.3, -0.25) is 4.79 Å². The van der Waals surface area contributed by atoms with Gasteiger partial charge in [0.25, 0.3) is 0 Å². The third-order valence-corrected chi connectivity index (χ3v) is 2.52. The molecule has 0 aliphatic rings. The molecule has 0 aromatic heterocycles. The fourth-order valence-corrected chi connectivity index (χ4v) is 1.56. The Morgan fingerprint density at radius 1 is 1.42 bits per heavy atom. The van der Waals surface area contributed by atoms with Crippen molar-refractivity contribution in [1.82, 2.24) is 0 Å². The number of esters is 1. The van der Waals surface area contributed by atoms with Crippen molar-refractivity contribution in [2.75, 3.05) is 7.11 Å². The van der Waals surface area contributed by atoms with Crippen LogP contribution in [0.3, 0.4) is 0 Å². The van der Waals surface area contributed by atoms with E-state index in [1.54, 1.807) is 0 Å². The Kier molecular flexibility index (Phi) is 5.20. The molecule has 0 saturated heterocycles. The summed E-state index contributed by atoms with van der Waals surface area (Å²) in [6.45, 7) is 0. The number of thiocarbonyl (C=S) groups is 1. The van der Waals surface area contributed by atoms with Crippen LogP contribution in [0.4, 0.5) is 13.2 Å². The number of nitrogens with zero attached hydrogens (tertiary/aromatic N) is 1. The molecule has 0 aliphatic carbocycles. The van der Waals surface area contributed by atoms with Crippen molar-refractivity contribution in [2.45, 2.75) is 18.6 Å². The van der Waals surface area contributed by atoms with E-state index in [4.69, 9.17) is 0 Å². The molecule has 0 amide bonds. The molecule has 1 aromatic carbocycles. The Balaban J connectivity index is 2.98. The van der Waals surface area contributed by atoms with Gasteiger partial charge in [0.05, 0.1) is 30.3 Å². The summed E-state index contributed by atoms with van der Waals surface area (Å²) >= 11 is 4.45. The molecular formula is C12H10F3NO2S. The zero-order valence-corrected chi connectivity index (χ0v) is 10.7. The van der Waals surface area contributed by atoms with Crippen LogP contribution in [0.15, 0.2) is 29.3 Å². The van der Waals surface area contributed by atoms with Crippen LogP contribution in [0.25, 0.3) is 0 Å². The van der Waals surface area contributed by atoms with Gasteiger partial charge in [0, 0.05) is 0 Å². The molecule has 0 fully saturated rings. The van der Waals surface area contributed by atoms with Crippen LogP contribution in [-0.4, -0.2) is 18.2 Å². The van der Waals surface area contributed by atoms with Crippen molar-refractivity contribution in [3.8, 4) is 0 Å². The van der Waals surface area contributed by atoms with Crippen LogP contribution in [0.1, 0.15) is 23.6 Å². The zero-order valence-electron chi connectivity index (χ0n) is 9.90. The molecular weight excluding hydrogens is 279 g/mol. The van der Waals surface area contributed by atoms with Crippen LogP contribution in [0, 0.1) is 0 Å². The van der Waals surface area contributed by atoms with E-state index >= 15 is 0 Å². The standard InChI is InChI=1S/C12H10F3NO2S/c1-18-11(17)6-10(16-7-19)8-2-4-9(5-3-8)12(13,14)15/h2-5,10H,6H2,1H3. The zero-order chi connectivity index (χ0) is 14.5. The van der Waals surface area contributed by atoms with E-state index in [0.717, 1.165) is 12.1 Å². The summed E-state index contributed by atoms with van der Waals surface area (Å²) in [7, 11) is 1.22. The Morgan fingerprint density at radius 2 is 2.00 bits per heavy atom. The summed E-state index contributed by atoms with van der Waals surface area (Å²) in [6.07, 6.45) is -4.50. The molecule has 0 saturated carbocycles. The molecule has 0 radical (unpaired) electrons. The monoisotopic (exact) mass is 289 g/mol. The van der Waals surface area contributed by atoms with Crippen LogP contribution in [-0.2, 0) is 15.7 Å². The maximum atomic E-state index is 12.4. The molecule has 19 heavy (non-hydrogen) atoms. The summed E-state index contributed by atoms with van der Waals surface area (Å²) < 4.78 is 41.7. The van der Waals surface area contributed by atoms with E-state index < -0.39 is 23.8 Å². The second kappa shape index (κ2) is 6.45. The van der Waals surface area contributed by atoms with E-state index in [-0.39, 0.29) is 6.42 Å². The number of halogens is 3. The van der Waals surface area contributed by atoms with Crippen molar-refractivity contribution < 1.29 is 22.7 Å². The third-order valence-electron chi connectivity index (χ3n) is 2.42. The van der Waals surface area contributed by atoms with Crippen LogP contribution < -0.4 is 0 Å². The molecule has 1 unspecified atom stereocenters. The van der Waals surface area contributed by atoms with Crippen molar-refractivity contribution in [2.24, 2.45) is 4.99 Å². The lowest BCUT2D eigenvalue weighted by Crippen LogP contribution is -2.08. The summed E-state index contributed by atoms with van der Waals surface area (Å²) in [5, 5.41) is 2.12. The topological polar surface area (TPSA) is 38.7 Å². The summed E-state index contributed by atoms with van der Waals surface area (Å²) in [5.74, 6) is -0.529. The van der Waals surface area contributed by atoms with Gasteiger partial charge in [-0.1, -0.05) is 12.1 Å². The minimum absolute atomic E-state index is 0.106. The largest absolute Gasteiger partial charge is 0.469 e. The normalized spacial score (nSPS) is 12.4. The first kappa shape index (κ1) is 15.3. The fourth-order valence-electron chi connectivity index (χ4n) is 1.44. The second-order valence-electron chi connectivity index (χ2n) is 3.64. The van der Waals surface area contributed by atoms with Crippen molar-refractivity contribution in [1.29, 1.82) is 0 Å². The molecule has 0 bridgehead atoms. The SMILES string of the molecule is COC(=O)CC(N=C=S)c1ccc(C(F)(F)F)cc1. The highest BCUT2D eigenvalue weighted by molar-refractivity contribution is 7.78. The van der Waals surface area contributed by atoms with Gasteiger partial charge in [-0.2, -0.15) is 13.2 Å². The van der Waals surface area contributed by atoms with Gasteiger partial charge in [0.1, 0.15) is 0 Å². The van der Waals surface area contributed by atoms with Crippen molar-refractivity contribution in [3.05, 3.63) is 35.4 Å². The van der Waals surface area contributed by atoms with E-state index in [1.165, 1.54) is 19.2 Å². The summed E-state index contributed by atoms with van der Waals surface area (Å²) in [5.41, 5.74) is -0.324. The predicted octanol–water partition coefficient (Wildman–Crippen LogP) is 3.41. The number of hydrogen-bond acceptors (Lipinski definition) is 4. The first-order valence-corrected chi connectivity index (χ1v) is 5.60. The average Bonchev–Trinajstić information content (AvgIpc) is 2.37. The van der Waals surface area contributed by atoms with Gasteiger partial charge in [-0.15, -0.1) is 0 Å². The number of methoxy groups -OCH3 is 1. The number of carbonyl (C=O) groups excluding carboxylic acids is 1. The number of carbonyl (C=O) groups is 1. The quantitative estimate of drug-likeness (QED) is 0.484. The van der Waals surface area contributed by atoms with Gasteiger partial charge in [0.2, 0.25) is 0 Å². The Bertz CT molecular complexity index is 493. The smallest absolute Gasteiger partial charge is 0.416 e. The van der Waals surface area contributed by atoms with Gasteiger partial charge >= 0.3 is 12.1 Å². The lowest BCUT2D eigenvalue weighted by Gasteiger charge is -2.12. The van der Waals surface area contributed by atoms with Gasteiger partial charge in [-0.25, -0.2) is 4.99 Å². The summed E-state index contributed by atoms with van der Waals surface area (Å²) in [4.78, 5) is 14.9. The molecule has 102 valence electrons. The fraction of sp³-hybridized carbons (Fsp3) is 0.333. The van der Waals surface area contributed by atoms with Crippen LogP contribution in [0.2, 0.25) is 0 Å². The Hall–Kier alpha value is -1.72. The minimum atomic E-state index is -4.40. The number of aliphatic imine (C=N–C) groups is 1. The van der Waals surface area contributed by atoms with Gasteiger partial charge in [-0.05, 0) is 29.9 Å². The first-order chi connectivity index (χ1) is 8.88. The molecule has 3 nitrogen and oxygen atoms in total. The second-order valence-corrected chi connectivity index (χ2v) is 3.82. The average molecular weight is 289 g/mol. The number of benzene rings is 1. The van der Waals surface area contributed by atoms with E-state index in [9.17, 15) is 18.0 Å². The lowest BCUT2D eigenvalue weighted by molar-refractivity contribution is -0.141. The van der Waals surface area contributed by atoms with E-state index in [1.807, 2.05) is 0 Å². The summed E-state index contributed by atoms with van der Waals surface area (Å²) in [6, 6.07) is 3.68. The molecule has 0 N–H and O–H groups in total. The number of hydrogen-bond donors (Lipinski definition) is 0. The molecule has 0 aliphatic heterocycles. The highest BCUT2D eigenvalue weighted by Crippen LogP contribution is 2.31. The highest BCUT2D eigenvalue weighted by atomic mass is 32.1. The van der Waals surface area contributed by atoms with Crippen molar-refractivity contribution in [3.63, 3.8) is 0 Å². The minimum Gasteiger partial charge on any atom is -0.469 e. The molecule has 0 spiro atoms. The first-order valence-electron chi connectivity index (χ1n) is 5.19. The number of isothiocyanates is 1. The van der Waals surface area contributed by atoms with E-state index in [0.29, 0.717) is 5.56 Å². The molecule has 1 atom stereocenters. The van der Waals surface area contributed by atoms with E-state index in [2.05, 4.69) is 27.1 Å². The maximum absolute atomic E-state index is 12.4. The third kappa shape index (κ3) is 4.46. The predicted molar refractivity (Wildman–Crippen MR) is 65.8 cm³/mol. The highest BCUT2D eigenvalue weighted by Gasteiger charge is 2.30. The van der Waals surface area contributed by atoms with Gasteiger partial charge < -0.3 is 4.74 Å².